The van der Waals surface area contributed by atoms with Crippen molar-refractivity contribution in [2.24, 2.45) is 5.92 Å². The lowest BCUT2D eigenvalue weighted by Crippen LogP contribution is -2.37. The van der Waals surface area contributed by atoms with E-state index in [1.165, 1.54) is 84.0 Å². The first-order valence-corrected chi connectivity index (χ1v) is 15.5. The summed E-state index contributed by atoms with van der Waals surface area (Å²) in [6.45, 7) is 5.45. The van der Waals surface area contributed by atoms with Crippen molar-refractivity contribution in [3.8, 4) is 0 Å². The SMILES string of the molecule is CCCCCCCCCCCCCCCCOC[C@@H](COP(=O)(O)OCC[N+](C)(C)C)CC(C)=O. The van der Waals surface area contributed by atoms with Crippen molar-refractivity contribution in [2.45, 2.75) is 110 Å². The van der Waals surface area contributed by atoms with Crippen molar-refractivity contribution in [1.29, 1.82) is 0 Å². The molecule has 0 amide bonds. The van der Waals surface area contributed by atoms with Crippen molar-refractivity contribution < 1.29 is 32.5 Å². The summed E-state index contributed by atoms with van der Waals surface area (Å²) in [5, 5.41) is 0. The van der Waals surface area contributed by atoms with Crippen LogP contribution < -0.4 is 0 Å². The number of ketones is 1. The molecule has 0 saturated carbocycles. The van der Waals surface area contributed by atoms with Gasteiger partial charge in [0.1, 0.15) is 18.9 Å². The number of hydrogen-bond donors (Lipinski definition) is 1. The number of nitrogens with zero attached hydrogens (tertiary/aromatic N) is 1. The number of unbranched alkanes of at least 4 members (excludes halogenated alkanes) is 13. The summed E-state index contributed by atoms with van der Waals surface area (Å²) in [6.07, 6.45) is 18.7. The molecule has 0 spiro atoms. The van der Waals surface area contributed by atoms with Gasteiger partial charge in [0.05, 0.1) is 34.4 Å². The van der Waals surface area contributed by atoms with E-state index in [4.69, 9.17) is 13.8 Å². The van der Waals surface area contributed by atoms with Crippen LogP contribution in [0.25, 0.3) is 0 Å². The molecule has 0 aromatic rings. The first kappa shape index (κ1) is 34.7. The molecule has 0 saturated heterocycles. The van der Waals surface area contributed by atoms with Gasteiger partial charge in [-0.25, -0.2) is 4.57 Å². The second kappa shape index (κ2) is 21.8. The van der Waals surface area contributed by atoms with Crippen LogP contribution in [0.1, 0.15) is 110 Å². The Bertz CT molecular complexity index is 552. The van der Waals surface area contributed by atoms with E-state index in [2.05, 4.69) is 6.92 Å². The van der Waals surface area contributed by atoms with Gasteiger partial charge in [0.15, 0.2) is 0 Å². The van der Waals surface area contributed by atoms with Gasteiger partial charge in [0.25, 0.3) is 0 Å². The van der Waals surface area contributed by atoms with Crippen molar-refractivity contribution >= 4 is 13.6 Å². The van der Waals surface area contributed by atoms with Gasteiger partial charge in [0, 0.05) is 18.9 Å². The van der Waals surface area contributed by atoms with Gasteiger partial charge >= 0.3 is 7.82 Å². The van der Waals surface area contributed by atoms with E-state index < -0.39 is 7.82 Å². The third-order valence-electron chi connectivity index (χ3n) is 6.06. The summed E-state index contributed by atoms with van der Waals surface area (Å²) in [5.74, 6) is -0.237. The molecule has 210 valence electrons. The van der Waals surface area contributed by atoms with Crippen molar-refractivity contribution in [3.63, 3.8) is 0 Å². The van der Waals surface area contributed by atoms with Crippen molar-refractivity contribution in [3.05, 3.63) is 0 Å². The zero-order valence-electron chi connectivity index (χ0n) is 23.6. The van der Waals surface area contributed by atoms with Crippen molar-refractivity contribution in [1.82, 2.24) is 0 Å². The Hall–Kier alpha value is -0.300. The lowest BCUT2D eigenvalue weighted by atomic mass is 10.0. The number of hydrogen-bond acceptors (Lipinski definition) is 5. The molecule has 2 atom stereocenters. The number of rotatable bonds is 26. The number of Topliss-reactive ketones (excluding diaryl/α,β-unsaturated/α-hetero) is 1. The van der Waals surface area contributed by atoms with Gasteiger partial charge in [-0.05, 0) is 13.3 Å². The first-order chi connectivity index (χ1) is 16.6. The molecule has 8 heteroatoms. The predicted octanol–water partition coefficient (Wildman–Crippen LogP) is 6.92. The Balaban J connectivity index is 3.77. The zero-order chi connectivity index (χ0) is 26.4. The molecule has 0 aliphatic rings. The largest absolute Gasteiger partial charge is 0.472 e. The highest BCUT2D eigenvalue weighted by molar-refractivity contribution is 7.47. The van der Waals surface area contributed by atoms with Crippen LogP contribution >= 0.6 is 7.82 Å². The van der Waals surface area contributed by atoms with E-state index in [1.807, 2.05) is 21.1 Å². The minimum absolute atomic E-state index is 0.0115. The summed E-state index contributed by atoms with van der Waals surface area (Å²) in [5.41, 5.74) is 0. The number of ether oxygens (including phenoxy) is 1. The van der Waals surface area contributed by atoms with Crippen LogP contribution in [0.2, 0.25) is 0 Å². The zero-order valence-corrected chi connectivity index (χ0v) is 24.5. The number of likely N-dealkylation sites (N-methyl/N-ethyl adjacent to an activating group) is 1. The normalized spacial score (nSPS) is 14.7. The van der Waals surface area contributed by atoms with Crippen LogP contribution in [0.3, 0.4) is 0 Å². The molecule has 0 heterocycles. The molecule has 1 N–H and O–H groups in total. The number of phosphoric acid groups is 1. The number of carbonyl (C=O) groups excluding carboxylic acids is 1. The second-order valence-electron chi connectivity index (χ2n) is 11.1. The minimum Gasteiger partial charge on any atom is -0.381 e. The summed E-state index contributed by atoms with van der Waals surface area (Å²) in [6, 6.07) is 0. The fourth-order valence-electron chi connectivity index (χ4n) is 3.89. The molecule has 35 heavy (non-hydrogen) atoms. The summed E-state index contributed by atoms with van der Waals surface area (Å²) < 4.78 is 28.6. The Morgan fingerprint density at radius 3 is 1.71 bits per heavy atom. The fraction of sp³-hybridized carbons (Fsp3) is 0.963. The summed E-state index contributed by atoms with van der Waals surface area (Å²) >= 11 is 0. The molecule has 0 bridgehead atoms. The highest BCUT2D eigenvalue weighted by atomic mass is 31.2. The van der Waals surface area contributed by atoms with E-state index in [9.17, 15) is 14.3 Å². The van der Waals surface area contributed by atoms with Gasteiger partial charge in [-0.1, -0.05) is 90.4 Å². The van der Waals surface area contributed by atoms with E-state index in [-0.39, 0.29) is 31.3 Å². The summed E-state index contributed by atoms with van der Waals surface area (Å²) in [7, 11) is 1.80. The molecule has 0 fully saturated rings. The molecule has 0 rings (SSSR count). The maximum atomic E-state index is 12.1. The van der Waals surface area contributed by atoms with Crippen LogP contribution in [-0.4, -0.2) is 69.3 Å². The van der Waals surface area contributed by atoms with E-state index in [1.54, 1.807) is 0 Å². The average molecular weight is 523 g/mol. The Morgan fingerprint density at radius 1 is 0.771 bits per heavy atom. The highest BCUT2D eigenvalue weighted by Gasteiger charge is 2.25. The first-order valence-electron chi connectivity index (χ1n) is 14.0. The number of quaternary nitrogens is 1. The standard InChI is InChI=1S/C27H56NO6P/c1-6-7-8-9-10-11-12-13-14-15-16-17-18-19-21-32-24-27(23-26(2)29)25-34-35(30,31)33-22-20-28(3,4)5/h27H,6-25H2,1-5H3/p+1/t27-/m0/s1. The Kier molecular flexibility index (Phi) is 21.6. The van der Waals surface area contributed by atoms with Gasteiger partial charge < -0.3 is 18.9 Å². The molecule has 1 unspecified atom stereocenters. The summed E-state index contributed by atoms with van der Waals surface area (Å²) in [4.78, 5) is 21.4. The van der Waals surface area contributed by atoms with E-state index in [0.717, 1.165) is 12.8 Å². The third kappa shape index (κ3) is 26.6. The Labute approximate surface area is 216 Å². The monoisotopic (exact) mass is 522 g/mol. The van der Waals surface area contributed by atoms with Crippen LogP contribution in [-0.2, 0) is 23.1 Å². The Morgan fingerprint density at radius 2 is 1.26 bits per heavy atom. The molecular formula is C27H57NO6P+. The fourth-order valence-corrected chi connectivity index (χ4v) is 4.67. The molecule has 7 nitrogen and oxygen atoms in total. The molecular weight excluding hydrogens is 465 g/mol. The minimum atomic E-state index is -4.13. The van der Waals surface area contributed by atoms with Gasteiger partial charge in [-0.15, -0.1) is 0 Å². The molecule has 0 aliphatic heterocycles. The average Bonchev–Trinajstić information content (AvgIpc) is 2.75. The van der Waals surface area contributed by atoms with Crippen molar-refractivity contribution in [2.75, 3.05) is 54.1 Å². The topological polar surface area (TPSA) is 82.1 Å². The lowest BCUT2D eigenvalue weighted by Gasteiger charge is -2.24. The highest BCUT2D eigenvalue weighted by Crippen LogP contribution is 2.43. The van der Waals surface area contributed by atoms with Crippen LogP contribution in [0.15, 0.2) is 0 Å². The predicted molar refractivity (Wildman–Crippen MR) is 145 cm³/mol. The lowest BCUT2D eigenvalue weighted by molar-refractivity contribution is -0.870. The molecule has 0 aliphatic carbocycles. The maximum Gasteiger partial charge on any atom is 0.472 e. The van der Waals surface area contributed by atoms with Crippen LogP contribution in [0, 0.1) is 5.92 Å². The molecule has 0 aromatic heterocycles. The quantitative estimate of drug-likeness (QED) is 0.0754. The maximum absolute atomic E-state index is 12.1. The van der Waals surface area contributed by atoms with E-state index in [0.29, 0.717) is 24.2 Å². The molecule has 0 radical (unpaired) electrons. The molecule has 0 aromatic carbocycles. The van der Waals surface area contributed by atoms with E-state index >= 15 is 0 Å². The van der Waals surface area contributed by atoms with Gasteiger partial charge in [-0.2, -0.15) is 0 Å². The van der Waals surface area contributed by atoms with Gasteiger partial charge in [0.2, 0.25) is 0 Å². The number of phosphoric ester groups is 1. The second-order valence-corrected chi connectivity index (χ2v) is 12.5. The third-order valence-corrected chi connectivity index (χ3v) is 7.05. The number of carbonyl (C=O) groups is 1. The smallest absolute Gasteiger partial charge is 0.381 e. The van der Waals surface area contributed by atoms with Crippen LogP contribution in [0.5, 0.6) is 0 Å². The van der Waals surface area contributed by atoms with Gasteiger partial charge in [-0.3, -0.25) is 9.05 Å². The van der Waals surface area contributed by atoms with Crippen LogP contribution in [0.4, 0.5) is 0 Å².